The van der Waals surface area contributed by atoms with Crippen molar-refractivity contribution >= 4 is 5.91 Å². The van der Waals surface area contributed by atoms with Gasteiger partial charge in [0, 0.05) is 26.1 Å². The molecule has 6 nitrogen and oxygen atoms in total. The van der Waals surface area contributed by atoms with Crippen LogP contribution in [0.1, 0.15) is 52.4 Å². The van der Waals surface area contributed by atoms with Crippen molar-refractivity contribution in [3.8, 4) is 0 Å². The molecular formula is C17H32N4O2. The van der Waals surface area contributed by atoms with E-state index in [0.29, 0.717) is 5.92 Å². The summed E-state index contributed by atoms with van der Waals surface area (Å²) in [5, 5.41) is 5.46. The average Bonchev–Trinajstić information content (AvgIpc) is 3.18. The minimum Gasteiger partial charge on any atom is -0.349 e. The van der Waals surface area contributed by atoms with Gasteiger partial charge in [-0.25, -0.2) is 5.01 Å². The number of carbonyl (C=O) groups excluding carboxylic acids is 1. The van der Waals surface area contributed by atoms with E-state index in [1.54, 1.807) is 0 Å². The Labute approximate surface area is 139 Å². The van der Waals surface area contributed by atoms with Gasteiger partial charge in [0.25, 0.3) is 0 Å². The van der Waals surface area contributed by atoms with Crippen molar-refractivity contribution in [2.45, 2.75) is 70.6 Å². The van der Waals surface area contributed by atoms with Crippen molar-refractivity contribution < 1.29 is 9.63 Å². The van der Waals surface area contributed by atoms with Gasteiger partial charge in [0.05, 0.1) is 12.1 Å². The molecule has 2 saturated heterocycles. The highest BCUT2D eigenvalue weighted by Gasteiger charge is 2.34. The fourth-order valence-corrected chi connectivity index (χ4v) is 3.92. The highest BCUT2D eigenvalue weighted by Crippen LogP contribution is 2.24. The smallest absolute Gasteiger partial charge is 0.239 e. The molecule has 6 heteroatoms. The van der Waals surface area contributed by atoms with Crippen molar-refractivity contribution in [3.63, 3.8) is 0 Å². The lowest BCUT2D eigenvalue weighted by molar-refractivity contribution is -0.125. The first kappa shape index (κ1) is 17.1. The number of hydroxylamine groups is 1. The van der Waals surface area contributed by atoms with Gasteiger partial charge in [-0.3, -0.25) is 15.1 Å². The van der Waals surface area contributed by atoms with Crippen molar-refractivity contribution in [3.05, 3.63) is 0 Å². The molecule has 3 fully saturated rings. The Morgan fingerprint density at radius 3 is 2.78 bits per heavy atom. The first-order chi connectivity index (χ1) is 11.1. The Balaban J connectivity index is 1.38. The summed E-state index contributed by atoms with van der Waals surface area (Å²) in [4.78, 5) is 17.9. The Morgan fingerprint density at radius 1 is 1.30 bits per heavy atom. The van der Waals surface area contributed by atoms with E-state index >= 15 is 0 Å². The molecule has 1 saturated carbocycles. The van der Waals surface area contributed by atoms with Gasteiger partial charge in [-0.15, -0.1) is 0 Å². The number of nitrogens with one attached hydrogen (secondary N) is 3. The first-order valence-electron chi connectivity index (χ1n) is 9.32. The van der Waals surface area contributed by atoms with Crippen molar-refractivity contribution in [2.75, 3.05) is 19.6 Å². The lowest BCUT2D eigenvalue weighted by Gasteiger charge is -2.26. The zero-order valence-corrected chi connectivity index (χ0v) is 14.5. The van der Waals surface area contributed by atoms with Crippen LogP contribution in [0, 0.1) is 11.8 Å². The summed E-state index contributed by atoms with van der Waals surface area (Å²) in [7, 11) is 0. The van der Waals surface area contributed by atoms with Crippen LogP contribution < -0.4 is 16.2 Å². The third-order valence-corrected chi connectivity index (χ3v) is 5.44. The van der Waals surface area contributed by atoms with Gasteiger partial charge in [-0.2, -0.15) is 5.48 Å². The summed E-state index contributed by atoms with van der Waals surface area (Å²) >= 11 is 0. The molecule has 0 radical (unpaired) electrons. The maximum absolute atomic E-state index is 12.4. The van der Waals surface area contributed by atoms with Gasteiger partial charge in [0.15, 0.2) is 0 Å². The first-order valence-corrected chi connectivity index (χ1v) is 9.32. The van der Waals surface area contributed by atoms with Gasteiger partial charge in [0.1, 0.15) is 6.04 Å². The molecule has 3 aliphatic rings. The van der Waals surface area contributed by atoms with Gasteiger partial charge in [0.2, 0.25) is 5.91 Å². The topological polar surface area (TPSA) is 65.6 Å². The maximum atomic E-state index is 12.4. The third kappa shape index (κ3) is 4.66. The van der Waals surface area contributed by atoms with Crippen LogP contribution in [0.5, 0.6) is 0 Å². The van der Waals surface area contributed by atoms with Crippen LogP contribution >= 0.6 is 0 Å². The minimum absolute atomic E-state index is 0.0690. The van der Waals surface area contributed by atoms with Crippen LogP contribution in [0.3, 0.4) is 0 Å². The summed E-state index contributed by atoms with van der Waals surface area (Å²) in [5.41, 5.74) is 6.34. The predicted octanol–water partition coefficient (Wildman–Crippen LogP) is 1.19. The van der Waals surface area contributed by atoms with Gasteiger partial charge >= 0.3 is 0 Å². The predicted molar refractivity (Wildman–Crippen MR) is 89.3 cm³/mol. The zero-order chi connectivity index (χ0) is 16.2. The van der Waals surface area contributed by atoms with Gasteiger partial charge in [-0.05, 0) is 24.7 Å². The van der Waals surface area contributed by atoms with Gasteiger partial charge < -0.3 is 5.32 Å². The van der Waals surface area contributed by atoms with E-state index < -0.39 is 0 Å². The number of rotatable bonds is 5. The van der Waals surface area contributed by atoms with Crippen LogP contribution in [0.15, 0.2) is 0 Å². The van der Waals surface area contributed by atoms with E-state index in [9.17, 15) is 4.79 Å². The monoisotopic (exact) mass is 324 g/mol. The standard InChI is InChI=1S/C17H32N4O2/c1-12(2)16-8-15(20-23-16)17(22)19-14-9-18-21(11-14)10-13-6-4-3-5-7-13/h12-16,18,20H,3-11H2,1-2H3,(H,19,22). The third-order valence-electron chi connectivity index (χ3n) is 5.44. The quantitative estimate of drug-likeness (QED) is 0.709. The molecule has 3 N–H and O–H groups in total. The Morgan fingerprint density at radius 2 is 2.09 bits per heavy atom. The molecule has 1 aliphatic carbocycles. The molecular weight excluding hydrogens is 292 g/mol. The molecule has 0 aromatic heterocycles. The summed E-state index contributed by atoms with van der Waals surface area (Å²) in [6.45, 7) is 7.10. The average molecular weight is 324 g/mol. The van der Waals surface area contributed by atoms with Crippen LogP contribution in [0.4, 0.5) is 0 Å². The second-order valence-corrected chi connectivity index (χ2v) is 7.78. The molecule has 3 unspecified atom stereocenters. The summed E-state index contributed by atoms with van der Waals surface area (Å²) < 4.78 is 0. The van der Waals surface area contributed by atoms with E-state index in [2.05, 4.69) is 35.1 Å². The number of carbonyl (C=O) groups is 1. The highest BCUT2D eigenvalue weighted by molar-refractivity contribution is 5.82. The molecule has 1 amide bonds. The second kappa shape index (κ2) is 7.92. The van der Waals surface area contributed by atoms with Crippen molar-refractivity contribution in [1.29, 1.82) is 0 Å². The zero-order valence-electron chi connectivity index (χ0n) is 14.5. The number of hydrazine groups is 1. The maximum Gasteiger partial charge on any atom is 0.239 e. The number of hydrogen-bond donors (Lipinski definition) is 3. The number of amides is 1. The second-order valence-electron chi connectivity index (χ2n) is 7.78. The normalized spacial score (nSPS) is 33.4. The van der Waals surface area contributed by atoms with E-state index in [-0.39, 0.29) is 24.1 Å². The number of hydrogen-bond acceptors (Lipinski definition) is 5. The van der Waals surface area contributed by atoms with Crippen LogP contribution in [0.2, 0.25) is 0 Å². The summed E-state index contributed by atoms with van der Waals surface area (Å²) in [5.74, 6) is 1.32. The van der Waals surface area contributed by atoms with E-state index in [1.807, 2.05) is 0 Å². The fraction of sp³-hybridized carbons (Fsp3) is 0.941. The van der Waals surface area contributed by atoms with Crippen LogP contribution in [0.25, 0.3) is 0 Å². The van der Waals surface area contributed by atoms with Crippen molar-refractivity contribution in [2.24, 2.45) is 11.8 Å². The van der Waals surface area contributed by atoms with Crippen LogP contribution in [-0.4, -0.2) is 48.7 Å². The fourth-order valence-electron chi connectivity index (χ4n) is 3.92. The van der Waals surface area contributed by atoms with Crippen LogP contribution in [-0.2, 0) is 9.63 Å². The SMILES string of the molecule is CC(C)C1CC(C(=O)NC2CNN(CC3CCCCC3)C2)NO1. The lowest BCUT2D eigenvalue weighted by Crippen LogP contribution is -2.47. The molecule has 2 heterocycles. The van der Waals surface area contributed by atoms with Crippen molar-refractivity contribution in [1.82, 2.24) is 21.2 Å². The molecule has 0 spiro atoms. The Bertz CT molecular complexity index is 398. The molecule has 132 valence electrons. The Hall–Kier alpha value is -0.690. The van der Waals surface area contributed by atoms with Gasteiger partial charge in [-0.1, -0.05) is 33.1 Å². The summed E-state index contributed by atoms with van der Waals surface area (Å²) in [6, 6.07) is -0.0132. The molecule has 2 aliphatic heterocycles. The molecule has 3 atom stereocenters. The van der Waals surface area contributed by atoms with E-state index in [4.69, 9.17) is 4.84 Å². The molecule has 0 bridgehead atoms. The van der Waals surface area contributed by atoms with E-state index in [1.165, 1.54) is 32.1 Å². The largest absolute Gasteiger partial charge is 0.349 e. The lowest BCUT2D eigenvalue weighted by atomic mass is 9.89. The highest BCUT2D eigenvalue weighted by atomic mass is 16.7. The number of nitrogens with zero attached hydrogens (tertiary/aromatic N) is 1. The van der Waals surface area contributed by atoms with E-state index in [0.717, 1.165) is 32.0 Å². The minimum atomic E-state index is -0.213. The Kier molecular flexibility index (Phi) is 5.91. The summed E-state index contributed by atoms with van der Waals surface area (Å²) in [6.07, 6.45) is 7.76. The molecule has 23 heavy (non-hydrogen) atoms. The molecule has 0 aromatic carbocycles. The molecule has 3 rings (SSSR count). The molecule has 0 aromatic rings.